The topological polar surface area (TPSA) is 9.23 Å². The highest BCUT2D eigenvalue weighted by atomic mass is 35.5. The molecule has 0 aliphatic heterocycles. The van der Waals surface area contributed by atoms with Crippen LogP contribution in [0.5, 0.6) is 0 Å². The Morgan fingerprint density at radius 3 is 2.08 bits per heavy atom. The summed E-state index contributed by atoms with van der Waals surface area (Å²) in [7, 11) is 0. The molecule has 0 atom stereocenters. The third-order valence-electron chi connectivity index (χ3n) is 3.20. The van der Waals surface area contributed by atoms with Crippen LogP contribution in [0.3, 0.4) is 0 Å². The number of rotatable bonds is 2. The Bertz CT molecular complexity index is 143. The maximum Gasteiger partial charge on any atom is 0.121 e. The average molecular weight is 205 g/mol. The van der Waals surface area contributed by atoms with E-state index in [1.165, 1.54) is 25.7 Å². The van der Waals surface area contributed by atoms with Crippen molar-refractivity contribution in [2.24, 2.45) is 11.3 Å². The number of hydrogen-bond donors (Lipinski definition) is 0. The Hall–Kier alpha value is 0.250. The molecule has 1 nitrogen and oxygen atoms in total. The van der Waals surface area contributed by atoms with Gasteiger partial charge < -0.3 is 4.74 Å². The van der Waals surface area contributed by atoms with E-state index < -0.39 is 0 Å². The van der Waals surface area contributed by atoms with E-state index in [1.807, 2.05) is 0 Å². The van der Waals surface area contributed by atoms with Crippen LogP contribution in [0.2, 0.25) is 0 Å². The second kappa shape index (κ2) is 4.65. The van der Waals surface area contributed by atoms with E-state index in [0.717, 1.165) is 5.92 Å². The first-order valence-corrected chi connectivity index (χ1v) is 5.75. The van der Waals surface area contributed by atoms with Gasteiger partial charge in [-0.15, -0.1) is 0 Å². The first kappa shape index (κ1) is 11.3. The Kier molecular flexibility index (Phi) is 4.06. The first-order valence-electron chi connectivity index (χ1n) is 5.21. The van der Waals surface area contributed by atoms with Gasteiger partial charge in [0.05, 0.1) is 6.10 Å². The number of halogens is 1. The van der Waals surface area contributed by atoms with Gasteiger partial charge in [-0.3, -0.25) is 0 Å². The lowest BCUT2D eigenvalue weighted by Gasteiger charge is -2.36. The molecule has 13 heavy (non-hydrogen) atoms. The highest BCUT2D eigenvalue weighted by Crippen LogP contribution is 2.38. The van der Waals surface area contributed by atoms with Crippen molar-refractivity contribution in [3.63, 3.8) is 0 Å². The average Bonchev–Trinajstić information content (AvgIpc) is 2.04. The second-order valence-electron chi connectivity index (χ2n) is 5.12. The van der Waals surface area contributed by atoms with E-state index >= 15 is 0 Å². The van der Waals surface area contributed by atoms with E-state index in [2.05, 4.69) is 20.8 Å². The molecule has 0 N–H and O–H groups in total. The minimum atomic E-state index is 0.352. The van der Waals surface area contributed by atoms with Crippen molar-refractivity contribution in [3.05, 3.63) is 0 Å². The molecular formula is C11H21ClO. The van der Waals surface area contributed by atoms with Gasteiger partial charge in [0.15, 0.2) is 0 Å². The standard InChI is InChI=1S/C11H21ClO/c1-11(2,3)9-4-6-10(7-5-9)13-8-12/h9-10H,4-8H2,1-3H3. The molecule has 1 aliphatic carbocycles. The predicted molar refractivity (Wildman–Crippen MR) is 57.0 cm³/mol. The van der Waals surface area contributed by atoms with Crippen molar-refractivity contribution < 1.29 is 4.74 Å². The van der Waals surface area contributed by atoms with E-state index in [1.54, 1.807) is 0 Å². The third kappa shape index (κ3) is 3.47. The van der Waals surface area contributed by atoms with Gasteiger partial charge in [-0.2, -0.15) is 0 Å². The Morgan fingerprint density at radius 2 is 1.69 bits per heavy atom. The van der Waals surface area contributed by atoms with Gasteiger partial charge in [0.2, 0.25) is 0 Å². The maximum absolute atomic E-state index is 5.54. The quantitative estimate of drug-likeness (QED) is 0.622. The lowest BCUT2D eigenvalue weighted by molar-refractivity contribution is 0.0258. The van der Waals surface area contributed by atoms with Gasteiger partial charge >= 0.3 is 0 Å². The molecule has 1 fully saturated rings. The summed E-state index contributed by atoms with van der Waals surface area (Å²) in [5.41, 5.74) is 0.464. The van der Waals surface area contributed by atoms with Crippen LogP contribution >= 0.6 is 11.6 Å². The molecule has 1 aliphatic rings. The molecule has 0 spiro atoms. The monoisotopic (exact) mass is 204 g/mol. The van der Waals surface area contributed by atoms with Crippen LogP contribution < -0.4 is 0 Å². The molecule has 0 unspecified atom stereocenters. The molecule has 0 amide bonds. The van der Waals surface area contributed by atoms with Gasteiger partial charge in [-0.05, 0) is 37.0 Å². The van der Waals surface area contributed by atoms with E-state index in [4.69, 9.17) is 16.3 Å². The molecular weight excluding hydrogens is 184 g/mol. The molecule has 0 bridgehead atoms. The fraction of sp³-hybridized carbons (Fsp3) is 1.00. The fourth-order valence-electron chi connectivity index (χ4n) is 2.18. The summed E-state index contributed by atoms with van der Waals surface area (Å²) in [4.78, 5) is 0. The fourth-order valence-corrected chi connectivity index (χ4v) is 2.36. The summed E-state index contributed by atoms with van der Waals surface area (Å²) in [6, 6.07) is 0.352. The molecule has 0 aromatic rings. The van der Waals surface area contributed by atoms with Gasteiger partial charge in [-0.25, -0.2) is 0 Å². The zero-order chi connectivity index (χ0) is 9.90. The molecule has 0 radical (unpaired) electrons. The van der Waals surface area contributed by atoms with Crippen molar-refractivity contribution in [2.45, 2.75) is 52.6 Å². The largest absolute Gasteiger partial charge is 0.363 e. The summed E-state index contributed by atoms with van der Waals surface area (Å²) in [6.45, 7) is 7.00. The molecule has 0 saturated heterocycles. The zero-order valence-corrected chi connectivity index (χ0v) is 9.73. The van der Waals surface area contributed by atoms with E-state index in [-0.39, 0.29) is 0 Å². The highest BCUT2D eigenvalue weighted by Gasteiger charge is 2.29. The van der Waals surface area contributed by atoms with Gasteiger partial charge in [0.25, 0.3) is 0 Å². The Morgan fingerprint density at radius 1 is 1.15 bits per heavy atom. The van der Waals surface area contributed by atoms with Crippen molar-refractivity contribution in [1.29, 1.82) is 0 Å². The molecule has 0 aromatic heterocycles. The zero-order valence-electron chi connectivity index (χ0n) is 8.98. The van der Waals surface area contributed by atoms with E-state index in [9.17, 15) is 0 Å². The molecule has 78 valence electrons. The number of alkyl halides is 1. The first-order chi connectivity index (χ1) is 6.04. The summed E-state index contributed by atoms with van der Waals surface area (Å²) in [5, 5.41) is 0. The Balaban J connectivity index is 2.30. The number of hydrogen-bond acceptors (Lipinski definition) is 1. The normalized spacial score (nSPS) is 30.5. The summed E-state index contributed by atoms with van der Waals surface area (Å²) < 4.78 is 5.41. The van der Waals surface area contributed by atoms with Gasteiger partial charge in [0.1, 0.15) is 6.07 Å². The number of ether oxygens (including phenoxy) is 1. The van der Waals surface area contributed by atoms with Crippen molar-refractivity contribution in [1.82, 2.24) is 0 Å². The highest BCUT2D eigenvalue weighted by molar-refractivity contribution is 6.17. The lowest BCUT2D eigenvalue weighted by Crippen LogP contribution is -2.28. The van der Waals surface area contributed by atoms with Gasteiger partial charge in [0, 0.05) is 0 Å². The minimum absolute atomic E-state index is 0.352. The van der Waals surface area contributed by atoms with Crippen LogP contribution in [-0.4, -0.2) is 12.2 Å². The lowest BCUT2D eigenvalue weighted by atomic mass is 9.72. The third-order valence-corrected chi connectivity index (χ3v) is 3.32. The van der Waals surface area contributed by atoms with Gasteiger partial charge in [-0.1, -0.05) is 32.4 Å². The molecule has 0 aromatic carbocycles. The smallest absolute Gasteiger partial charge is 0.121 e. The SMILES string of the molecule is CC(C)(C)C1CCC(OCCl)CC1. The minimum Gasteiger partial charge on any atom is -0.363 e. The van der Waals surface area contributed by atoms with Crippen molar-refractivity contribution in [3.8, 4) is 0 Å². The maximum atomic E-state index is 5.54. The van der Waals surface area contributed by atoms with Crippen LogP contribution in [-0.2, 0) is 4.74 Å². The van der Waals surface area contributed by atoms with Crippen LogP contribution in [0.1, 0.15) is 46.5 Å². The molecule has 0 heterocycles. The summed E-state index contributed by atoms with van der Waals surface area (Å²) in [5.74, 6) is 0.864. The predicted octanol–water partition coefficient (Wildman–Crippen LogP) is 3.80. The van der Waals surface area contributed by atoms with Crippen LogP contribution in [0.25, 0.3) is 0 Å². The van der Waals surface area contributed by atoms with Crippen LogP contribution in [0.15, 0.2) is 0 Å². The second-order valence-corrected chi connectivity index (χ2v) is 5.33. The molecule has 2 heteroatoms. The van der Waals surface area contributed by atoms with E-state index in [0.29, 0.717) is 17.6 Å². The molecule has 1 saturated carbocycles. The summed E-state index contributed by atoms with van der Waals surface area (Å²) >= 11 is 5.54. The van der Waals surface area contributed by atoms with Crippen LogP contribution in [0, 0.1) is 11.3 Å². The van der Waals surface area contributed by atoms with Crippen LogP contribution in [0.4, 0.5) is 0 Å². The molecule has 1 rings (SSSR count). The summed E-state index contributed by atoms with van der Waals surface area (Å²) in [6.07, 6.45) is 5.40. The Labute approximate surface area is 86.8 Å². The van der Waals surface area contributed by atoms with Crippen molar-refractivity contribution in [2.75, 3.05) is 6.07 Å². The van der Waals surface area contributed by atoms with Crippen molar-refractivity contribution >= 4 is 11.6 Å².